The fourth-order valence-corrected chi connectivity index (χ4v) is 3.38. The standard InChI is InChI=1S/C14H24N2O3/c1-9-5-3-6-10(9)15-13(19)16-11-7-4-8-14(11,2)12(17)18/h9-11H,3-8H2,1-2H3,(H,17,18)(H2,15,16,19). The van der Waals surface area contributed by atoms with E-state index in [-0.39, 0.29) is 18.1 Å². The van der Waals surface area contributed by atoms with Crippen LogP contribution < -0.4 is 10.6 Å². The predicted octanol–water partition coefficient (Wildman–Crippen LogP) is 2.12. The van der Waals surface area contributed by atoms with E-state index in [1.54, 1.807) is 6.92 Å². The van der Waals surface area contributed by atoms with E-state index in [1.807, 2.05) is 0 Å². The van der Waals surface area contributed by atoms with Crippen molar-refractivity contribution in [3.63, 3.8) is 0 Å². The second kappa shape index (κ2) is 5.39. The van der Waals surface area contributed by atoms with Gasteiger partial charge in [0.1, 0.15) is 0 Å². The van der Waals surface area contributed by atoms with Gasteiger partial charge >= 0.3 is 12.0 Å². The van der Waals surface area contributed by atoms with Crippen LogP contribution in [0.25, 0.3) is 0 Å². The monoisotopic (exact) mass is 268 g/mol. The highest BCUT2D eigenvalue weighted by Crippen LogP contribution is 2.38. The molecule has 2 aliphatic carbocycles. The second-order valence-electron chi connectivity index (χ2n) is 6.30. The molecule has 0 radical (unpaired) electrons. The highest BCUT2D eigenvalue weighted by Gasteiger charge is 2.46. The smallest absolute Gasteiger partial charge is 0.315 e. The Morgan fingerprint density at radius 3 is 2.47 bits per heavy atom. The summed E-state index contributed by atoms with van der Waals surface area (Å²) in [4.78, 5) is 23.3. The first-order valence-electron chi connectivity index (χ1n) is 7.24. The Bertz CT molecular complexity index is 372. The van der Waals surface area contributed by atoms with E-state index >= 15 is 0 Å². The molecular weight excluding hydrogens is 244 g/mol. The lowest BCUT2D eigenvalue weighted by Crippen LogP contribution is -2.52. The molecule has 0 aromatic rings. The molecule has 2 amide bonds. The normalized spacial score (nSPS) is 38.1. The van der Waals surface area contributed by atoms with Crippen LogP contribution in [0.1, 0.15) is 52.4 Å². The van der Waals surface area contributed by atoms with Crippen molar-refractivity contribution in [3.05, 3.63) is 0 Å². The van der Waals surface area contributed by atoms with E-state index in [0.29, 0.717) is 12.3 Å². The molecule has 0 aliphatic heterocycles. The van der Waals surface area contributed by atoms with Gasteiger partial charge in [0.05, 0.1) is 5.41 Å². The lowest BCUT2D eigenvalue weighted by molar-refractivity contribution is -0.148. The Labute approximate surface area is 114 Å². The summed E-state index contributed by atoms with van der Waals surface area (Å²) in [6.07, 6.45) is 5.57. The third kappa shape index (κ3) is 2.85. The maximum Gasteiger partial charge on any atom is 0.315 e. The Kier molecular flexibility index (Phi) is 4.02. The second-order valence-corrected chi connectivity index (χ2v) is 6.30. The summed E-state index contributed by atoms with van der Waals surface area (Å²) >= 11 is 0. The van der Waals surface area contributed by atoms with Crippen molar-refractivity contribution in [1.82, 2.24) is 10.6 Å². The average molecular weight is 268 g/mol. The molecular formula is C14H24N2O3. The molecule has 2 aliphatic rings. The number of carbonyl (C=O) groups is 2. The Balaban J connectivity index is 1.90. The highest BCUT2D eigenvalue weighted by molar-refractivity contribution is 5.79. The summed E-state index contributed by atoms with van der Waals surface area (Å²) in [7, 11) is 0. The minimum atomic E-state index is -0.821. The molecule has 0 spiro atoms. The van der Waals surface area contributed by atoms with E-state index in [4.69, 9.17) is 0 Å². The van der Waals surface area contributed by atoms with Crippen LogP contribution in [0.2, 0.25) is 0 Å². The number of hydrogen-bond donors (Lipinski definition) is 3. The molecule has 2 saturated carbocycles. The number of amides is 2. The lowest BCUT2D eigenvalue weighted by Gasteiger charge is -2.28. The topological polar surface area (TPSA) is 78.4 Å². The summed E-state index contributed by atoms with van der Waals surface area (Å²) in [6.45, 7) is 3.88. The molecule has 0 aromatic heterocycles. The van der Waals surface area contributed by atoms with Crippen LogP contribution in [-0.4, -0.2) is 29.2 Å². The molecule has 0 bridgehead atoms. The zero-order valence-corrected chi connectivity index (χ0v) is 11.7. The van der Waals surface area contributed by atoms with E-state index in [1.165, 1.54) is 0 Å². The van der Waals surface area contributed by atoms with Crippen molar-refractivity contribution in [2.75, 3.05) is 0 Å². The van der Waals surface area contributed by atoms with Crippen LogP contribution in [0, 0.1) is 11.3 Å². The molecule has 2 rings (SSSR count). The SMILES string of the molecule is CC1CCCC1NC(=O)NC1CCCC1(C)C(=O)O. The molecule has 3 N–H and O–H groups in total. The molecule has 0 saturated heterocycles. The van der Waals surface area contributed by atoms with Gasteiger partial charge in [-0.15, -0.1) is 0 Å². The summed E-state index contributed by atoms with van der Waals surface area (Å²) in [5, 5.41) is 15.2. The average Bonchev–Trinajstić information content (AvgIpc) is 2.88. The van der Waals surface area contributed by atoms with Crippen LogP contribution in [0.15, 0.2) is 0 Å². The number of carboxylic acids is 1. The van der Waals surface area contributed by atoms with Gasteiger partial charge in [0.25, 0.3) is 0 Å². The lowest BCUT2D eigenvalue weighted by atomic mass is 9.85. The fourth-order valence-electron chi connectivity index (χ4n) is 3.38. The van der Waals surface area contributed by atoms with Crippen LogP contribution >= 0.6 is 0 Å². The van der Waals surface area contributed by atoms with Crippen molar-refractivity contribution in [3.8, 4) is 0 Å². The van der Waals surface area contributed by atoms with Gasteiger partial charge in [-0.3, -0.25) is 4.79 Å². The maximum absolute atomic E-state index is 12.0. The van der Waals surface area contributed by atoms with Gasteiger partial charge in [0, 0.05) is 12.1 Å². The van der Waals surface area contributed by atoms with Crippen molar-refractivity contribution in [2.24, 2.45) is 11.3 Å². The minimum Gasteiger partial charge on any atom is -0.481 e. The number of rotatable bonds is 3. The Morgan fingerprint density at radius 1 is 1.16 bits per heavy atom. The first-order chi connectivity index (χ1) is 8.93. The quantitative estimate of drug-likeness (QED) is 0.733. The van der Waals surface area contributed by atoms with E-state index in [9.17, 15) is 14.7 Å². The first-order valence-corrected chi connectivity index (χ1v) is 7.24. The zero-order valence-electron chi connectivity index (χ0n) is 11.7. The van der Waals surface area contributed by atoms with Crippen LogP contribution in [-0.2, 0) is 4.79 Å². The largest absolute Gasteiger partial charge is 0.481 e. The van der Waals surface area contributed by atoms with E-state index in [2.05, 4.69) is 17.6 Å². The summed E-state index contributed by atoms with van der Waals surface area (Å²) in [5.41, 5.74) is -0.821. The Hall–Kier alpha value is -1.26. The molecule has 5 heteroatoms. The van der Waals surface area contributed by atoms with Crippen LogP contribution in [0.4, 0.5) is 4.79 Å². The molecule has 0 aromatic carbocycles. The molecule has 5 nitrogen and oxygen atoms in total. The molecule has 0 heterocycles. The summed E-state index contributed by atoms with van der Waals surface area (Å²) in [5.74, 6) is -0.301. The summed E-state index contributed by atoms with van der Waals surface area (Å²) < 4.78 is 0. The molecule has 108 valence electrons. The van der Waals surface area contributed by atoms with Gasteiger partial charge in [-0.2, -0.15) is 0 Å². The van der Waals surface area contributed by atoms with Crippen molar-refractivity contribution in [2.45, 2.75) is 64.5 Å². The predicted molar refractivity (Wildman–Crippen MR) is 71.9 cm³/mol. The van der Waals surface area contributed by atoms with Gasteiger partial charge in [-0.25, -0.2) is 4.79 Å². The van der Waals surface area contributed by atoms with Crippen LogP contribution in [0.3, 0.4) is 0 Å². The Morgan fingerprint density at radius 2 is 1.89 bits per heavy atom. The third-order valence-corrected chi connectivity index (χ3v) is 4.93. The number of carboxylic acid groups (broad SMARTS) is 1. The van der Waals surface area contributed by atoms with Gasteiger partial charge in [-0.05, 0) is 38.5 Å². The number of carbonyl (C=O) groups excluding carboxylic acids is 1. The van der Waals surface area contributed by atoms with Gasteiger partial charge in [0.15, 0.2) is 0 Å². The highest BCUT2D eigenvalue weighted by atomic mass is 16.4. The summed E-state index contributed by atoms with van der Waals surface area (Å²) in [6, 6.07) is -0.239. The first kappa shape index (κ1) is 14.2. The number of aliphatic carboxylic acids is 1. The van der Waals surface area contributed by atoms with Gasteiger partial charge in [-0.1, -0.05) is 19.8 Å². The molecule has 2 fully saturated rings. The van der Waals surface area contributed by atoms with E-state index in [0.717, 1.165) is 32.1 Å². The van der Waals surface area contributed by atoms with Gasteiger partial charge in [0.2, 0.25) is 0 Å². The number of nitrogens with one attached hydrogen (secondary N) is 2. The number of urea groups is 1. The third-order valence-electron chi connectivity index (χ3n) is 4.93. The molecule has 4 unspecified atom stereocenters. The minimum absolute atomic E-state index is 0.210. The molecule has 19 heavy (non-hydrogen) atoms. The van der Waals surface area contributed by atoms with Crippen LogP contribution in [0.5, 0.6) is 0 Å². The van der Waals surface area contributed by atoms with Crippen molar-refractivity contribution >= 4 is 12.0 Å². The van der Waals surface area contributed by atoms with Gasteiger partial charge < -0.3 is 15.7 Å². The van der Waals surface area contributed by atoms with Crippen molar-refractivity contribution < 1.29 is 14.7 Å². The zero-order chi connectivity index (χ0) is 14.0. The van der Waals surface area contributed by atoms with E-state index < -0.39 is 11.4 Å². The number of hydrogen-bond acceptors (Lipinski definition) is 2. The molecule has 4 atom stereocenters. The van der Waals surface area contributed by atoms with Crippen molar-refractivity contribution in [1.29, 1.82) is 0 Å². The maximum atomic E-state index is 12.0. The fraction of sp³-hybridized carbons (Fsp3) is 0.857.